The summed E-state index contributed by atoms with van der Waals surface area (Å²) in [6.45, 7) is 1.44. The highest BCUT2D eigenvalue weighted by Gasteiger charge is 2.28. The van der Waals surface area contributed by atoms with Crippen molar-refractivity contribution in [2.24, 2.45) is 0 Å². The first-order valence-corrected chi connectivity index (χ1v) is 8.31. The van der Waals surface area contributed by atoms with Gasteiger partial charge >= 0.3 is 0 Å². The quantitative estimate of drug-likeness (QED) is 0.712. The number of nitrogens with one attached hydrogen (secondary N) is 1. The summed E-state index contributed by atoms with van der Waals surface area (Å²) < 4.78 is 0. The minimum atomic E-state index is 0.00825. The molecular weight excluding hydrogens is 300 g/mol. The first-order valence-electron chi connectivity index (χ1n) is 8.31. The number of nitrogen functional groups attached to an aromatic ring is 1. The minimum absolute atomic E-state index is 0.00825. The molecular formula is C19H20N4O. The molecule has 2 aromatic carbocycles. The third-order valence-corrected chi connectivity index (χ3v) is 4.69. The maximum Gasteiger partial charge on any atom is 0.255 e. The third-order valence-electron chi connectivity index (χ3n) is 4.69. The number of hydrogen-bond acceptors (Lipinski definition) is 3. The van der Waals surface area contributed by atoms with E-state index in [4.69, 9.17) is 10.7 Å². The highest BCUT2D eigenvalue weighted by molar-refractivity contribution is 5.99. The van der Waals surface area contributed by atoms with Crippen LogP contribution in [0.25, 0.3) is 11.0 Å². The van der Waals surface area contributed by atoms with E-state index in [-0.39, 0.29) is 11.8 Å². The van der Waals surface area contributed by atoms with Gasteiger partial charge in [-0.25, -0.2) is 4.98 Å². The van der Waals surface area contributed by atoms with Crippen LogP contribution in [-0.4, -0.2) is 33.9 Å². The number of carbonyl (C=O) groups is 1. The minimum Gasteiger partial charge on any atom is -0.398 e. The molecule has 122 valence electrons. The first-order chi connectivity index (χ1) is 11.7. The fourth-order valence-corrected chi connectivity index (χ4v) is 3.41. The van der Waals surface area contributed by atoms with Gasteiger partial charge in [0.05, 0.1) is 16.6 Å². The van der Waals surface area contributed by atoms with Crippen LogP contribution in [0.5, 0.6) is 0 Å². The van der Waals surface area contributed by atoms with Crippen LogP contribution < -0.4 is 5.73 Å². The van der Waals surface area contributed by atoms with Gasteiger partial charge in [0.15, 0.2) is 0 Å². The molecule has 1 amide bonds. The maximum absolute atomic E-state index is 12.8. The number of aromatic nitrogens is 2. The van der Waals surface area contributed by atoms with Crippen molar-refractivity contribution in [1.29, 1.82) is 0 Å². The van der Waals surface area contributed by atoms with E-state index in [1.165, 1.54) is 0 Å². The van der Waals surface area contributed by atoms with Gasteiger partial charge in [0.25, 0.3) is 5.91 Å². The summed E-state index contributed by atoms with van der Waals surface area (Å²) in [7, 11) is 0. The Morgan fingerprint density at radius 3 is 2.79 bits per heavy atom. The Labute approximate surface area is 140 Å². The fraction of sp³-hybridized carbons (Fsp3) is 0.263. The zero-order valence-corrected chi connectivity index (χ0v) is 13.4. The molecule has 0 saturated carbocycles. The Kier molecular flexibility index (Phi) is 3.69. The van der Waals surface area contributed by atoms with E-state index < -0.39 is 0 Å². The van der Waals surface area contributed by atoms with Gasteiger partial charge in [0.2, 0.25) is 0 Å². The average Bonchev–Trinajstić information content (AvgIpc) is 3.06. The molecule has 5 nitrogen and oxygen atoms in total. The molecule has 1 saturated heterocycles. The number of amides is 1. The van der Waals surface area contributed by atoms with Crippen molar-refractivity contribution >= 4 is 22.6 Å². The van der Waals surface area contributed by atoms with Crippen LogP contribution in [0.3, 0.4) is 0 Å². The molecule has 0 bridgehead atoms. The molecule has 1 aliphatic heterocycles. The summed E-state index contributed by atoms with van der Waals surface area (Å²) in [5.41, 5.74) is 9.10. The van der Waals surface area contributed by atoms with Crippen molar-refractivity contribution in [3.63, 3.8) is 0 Å². The van der Waals surface area contributed by atoms with Crippen molar-refractivity contribution in [1.82, 2.24) is 14.9 Å². The lowest BCUT2D eigenvalue weighted by molar-refractivity contribution is 0.0706. The number of rotatable bonds is 2. The lowest BCUT2D eigenvalue weighted by atomic mass is 9.96. The standard InChI is InChI=1S/C19H20N4O/c20-15-8-2-1-7-14(15)19(24)23-11-5-6-13(12-23)18-21-16-9-3-4-10-17(16)22-18/h1-4,7-10,13H,5-6,11-12,20H2,(H,21,22)/t13-/m0/s1. The second kappa shape index (κ2) is 6.00. The van der Waals surface area contributed by atoms with Gasteiger partial charge in [-0.1, -0.05) is 24.3 Å². The molecule has 5 heteroatoms. The molecule has 0 spiro atoms. The van der Waals surface area contributed by atoms with Crippen molar-refractivity contribution in [3.8, 4) is 0 Å². The number of aromatic amines is 1. The summed E-state index contributed by atoms with van der Waals surface area (Å²) in [5, 5.41) is 0. The van der Waals surface area contributed by atoms with E-state index in [1.807, 2.05) is 41.3 Å². The maximum atomic E-state index is 12.8. The van der Waals surface area contributed by atoms with Crippen LogP contribution in [0.2, 0.25) is 0 Å². The van der Waals surface area contributed by atoms with Gasteiger partial charge < -0.3 is 15.6 Å². The monoisotopic (exact) mass is 320 g/mol. The summed E-state index contributed by atoms with van der Waals surface area (Å²) in [6, 6.07) is 15.3. The first kappa shape index (κ1) is 14.8. The Morgan fingerprint density at radius 1 is 1.17 bits per heavy atom. The van der Waals surface area contributed by atoms with Crippen molar-refractivity contribution in [2.75, 3.05) is 18.8 Å². The molecule has 0 aliphatic carbocycles. The van der Waals surface area contributed by atoms with E-state index in [9.17, 15) is 4.79 Å². The van der Waals surface area contributed by atoms with E-state index in [0.717, 1.165) is 36.2 Å². The van der Waals surface area contributed by atoms with Crippen molar-refractivity contribution in [3.05, 3.63) is 59.9 Å². The van der Waals surface area contributed by atoms with Crippen molar-refractivity contribution < 1.29 is 4.79 Å². The number of fused-ring (bicyclic) bond motifs is 1. The number of benzene rings is 2. The molecule has 1 aliphatic rings. The molecule has 3 aromatic rings. The summed E-state index contributed by atoms with van der Waals surface area (Å²) in [6.07, 6.45) is 2.01. The van der Waals surface area contributed by atoms with Crippen LogP contribution in [0.4, 0.5) is 5.69 Å². The van der Waals surface area contributed by atoms with Crippen LogP contribution in [0.15, 0.2) is 48.5 Å². The number of imidazole rings is 1. The fourth-order valence-electron chi connectivity index (χ4n) is 3.41. The van der Waals surface area contributed by atoms with E-state index in [2.05, 4.69) is 4.98 Å². The molecule has 2 heterocycles. The number of hydrogen-bond donors (Lipinski definition) is 2. The van der Waals surface area contributed by atoms with E-state index >= 15 is 0 Å². The predicted molar refractivity (Wildman–Crippen MR) is 94.8 cm³/mol. The lowest BCUT2D eigenvalue weighted by Gasteiger charge is -2.32. The SMILES string of the molecule is Nc1ccccc1C(=O)N1CCC[C@H](c2nc3ccccc3[nH]2)C1. The molecule has 1 fully saturated rings. The van der Waals surface area contributed by atoms with Gasteiger partial charge in [-0.15, -0.1) is 0 Å². The number of anilines is 1. The van der Waals surface area contributed by atoms with Gasteiger partial charge in [0.1, 0.15) is 5.82 Å². The molecule has 3 N–H and O–H groups in total. The number of piperidine rings is 1. The Morgan fingerprint density at radius 2 is 1.96 bits per heavy atom. The summed E-state index contributed by atoms with van der Waals surface area (Å²) in [4.78, 5) is 22.8. The molecule has 0 radical (unpaired) electrons. The van der Waals surface area contributed by atoms with Gasteiger partial charge in [-0.2, -0.15) is 0 Å². The Bertz CT molecular complexity index is 853. The van der Waals surface area contributed by atoms with Crippen molar-refractivity contribution in [2.45, 2.75) is 18.8 Å². The number of likely N-dealkylation sites (tertiary alicyclic amines) is 1. The Balaban J connectivity index is 1.57. The van der Waals surface area contributed by atoms with Crippen LogP contribution >= 0.6 is 0 Å². The van der Waals surface area contributed by atoms with Crippen LogP contribution in [0.1, 0.15) is 34.9 Å². The average molecular weight is 320 g/mol. The topological polar surface area (TPSA) is 75.0 Å². The lowest BCUT2D eigenvalue weighted by Crippen LogP contribution is -2.39. The molecule has 1 atom stereocenters. The van der Waals surface area contributed by atoms with E-state index in [1.54, 1.807) is 12.1 Å². The van der Waals surface area contributed by atoms with E-state index in [0.29, 0.717) is 17.8 Å². The number of nitrogens with zero attached hydrogens (tertiary/aromatic N) is 2. The van der Waals surface area contributed by atoms with Gasteiger partial charge in [-0.3, -0.25) is 4.79 Å². The molecule has 1 aromatic heterocycles. The predicted octanol–water partition coefficient (Wildman–Crippen LogP) is 3.16. The molecule has 24 heavy (non-hydrogen) atoms. The van der Waals surface area contributed by atoms with Crippen LogP contribution in [0, 0.1) is 0 Å². The zero-order valence-electron chi connectivity index (χ0n) is 13.4. The number of carbonyl (C=O) groups excluding carboxylic acids is 1. The largest absolute Gasteiger partial charge is 0.398 e. The van der Waals surface area contributed by atoms with Crippen LogP contribution in [-0.2, 0) is 0 Å². The van der Waals surface area contributed by atoms with Gasteiger partial charge in [0, 0.05) is 24.7 Å². The number of H-pyrrole nitrogens is 1. The second-order valence-electron chi connectivity index (χ2n) is 6.32. The second-order valence-corrected chi connectivity index (χ2v) is 6.32. The van der Waals surface area contributed by atoms with Gasteiger partial charge in [-0.05, 0) is 37.1 Å². The molecule has 0 unspecified atom stereocenters. The summed E-state index contributed by atoms with van der Waals surface area (Å²) in [5.74, 6) is 1.21. The number of nitrogens with two attached hydrogens (primary N) is 1. The third kappa shape index (κ3) is 2.62. The number of para-hydroxylation sites is 3. The highest BCUT2D eigenvalue weighted by Crippen LogP contribution is 2.28. The Hall–Kier alpha value is -2.82. The highest BCUT2D eigenvalue weighted by atomic mass is 16.2. The zero-order chi connectivity index (χ0) is 16.5. The smallest absolute Gasteiger partial charge is 0.255 e. The molecule has 4 rings (SSSR count). The normalized spacial score (nSPS) is 18.0. The summed E-state index contributed by atoms with van der Waals surface area (Å²) >= 11 is 0.